The Labute approximate surface area is 169 Å². The maximum atomic E-state index is 12.9. The van der Waals surface area contributed by atoms with Gasteiger partial charge in [-0.2, -0.15) is 0 Å². The molecule has 1 aromatic heterocycles. The van der Waals surface area contributed by atoms with Gasteiger partial charge < -0.3 is 15.1 Å². The largest absolute Gasteiger partial charge is 0.456 e. The van der Waals surface area contributed by atoms with Gasteiger partial charge in [0.15, 0.2) is 5.43 Å². The van der Waals surface area contributed by atoms with Crippen LogP contribution in [0.1, 0.15) is 37.2 Å². The third-order valence-corrected chi connectivity index (χ3v) is 5.02. The third-order valence-electron chi connectivity index (χ3n) is 5.02. The molecule has 0 bridgehead atoms. The lowest BCUT2D eigenvalue weighted by Crippen LogP contribution is -2.32. The molecule has 4 rings (SSSR count). The molecule has 2 N–H and O–H groups in total. The molecule has 1 aliphatic carbocycles. The van der Waals surface area contributed by atoms with E-state index in [1.807, 2.05) is 44.2 Å². The van der Waals surface area contributed by atoms with E-state index in [-0.39, 0.29) is 23.9 Å². The molecule has 148 valence electrons. The van der Waals surface area contributed by atoms with Crippen LogP contribution in [-0.2, 0) is 11.2 Å². The van der Waals surface area contributed by atoms with Gasteiger partial charge in [-0.25, -0.2) is 0 Å². The van der Waals surface area contributed by atoms with Gasteiger partial charge in [0.2, 0.25) is 5.91 Å². The number of carbonyl (C=O) groups is 1. The van der Waals surface area contributed by atoms with Crippen LogP contribution in [0, 0.1) is 0 Å². The zero-order valence-electron chi connectivity index (χ0n) is 16.6. The monoisotopic (exact) mass is 388 g/mol. The van der Waals surface area contributed by atoms with Crippen molar-refractivity contribution in [3.05, 3.63) is 75.6 Å². The SMILES string of the molecule is CC(C)NCC(=O)Nc1ccc2c(=O)c3c(oc2c1)C(=Cc1ccccc1)CC3. The minimum atomic E-state index is -0.133. The molecular weight excluding hydrogens is 364 g/mol. The van der Waals surface area contributed by atoms with Crippen molar-refractivity contribution in [1.29, 1.82) is 0 Å². The average Bonchev–Trinajstić information content (AvgIpc) is 3.10. The number of anilines is 1. The highest BCUT2D eigenvalue weighted by Crippen LogP contribution is 2.34. The van der Waals surface area contributed by atoms with Crippen molar-refractivity contribution in [3.8, 4) is 0 Å². The topological polar surface area (TPSA) is 71.3 Å². The highest BCUT2D eigenvalue weighted by molar-refractivity contribution is 5.95. The highest BCUT2D eigenvalue weighted by Gasteiger charge is 2.24. The van der Waals surface area contributed by atoms with Crippen LogP contribution in [0.25, 0.3) is 22.6 Å². The summed E-state index contributed by atoms with van der Waals surface area (Å²) in [6, 6.07) is 15.4. The zero-order valence-corrected chi connectivity index (χ0v) is 16.6. The van der Waals surface area contributed by atoms with Crippen LogP contribution in [0.4, 0.5) is 5.69 Å². The Morgan fingerprint density at radius 3 is 2.69 bits per heavy atom. The molecule has 5 nitrogen and oxygen atoms in total. The molecule has 0 aliphatic heterocycles. The van der Waals surface area contributed by atoms with Gasteiger partial charge >= 0.3 is 0 Å². The quantitative estimate of drug-likeness (QED) is 0.687. The molecule has 1 aliphatic rings. The Balaban J connectivity index is 1.68. The van der Waals surface area contributed by atoms with Crippen LogP contribution in [0.5, 0.6) is 0 Å². The maximum absolute atomic E-state index is 12.9. The van der Waals surface area contributed by atoms with E-state index in [2.05, 4.69) is 16.7 Å². The Kier molecular flexibility index (Phi) is 5.32. The molecule has 0 saturated heterocycles. The van der Waals surface area contributed by atoms with Crippen molar-refractivity contribution in [2.45, 2.75) is 32.7 Å². The molecular formula is C24H24N2O3. The molecule has 0 atom stereocenters. The summed E-state index contributed by atoms with van der Waals surface area (Å²) < 4.78 is 6.16. The standard InChI is InChI=1S/C24H24N2O3/c1-15(2)25-14-22(27)26-18-9-11-19-21(13-18)29-24-17(8-10-20(24)23(19)28)12-16-6-4-3-5-7-16/h3-7,9,11-13,15,25H,8,10,14H2,1-2H3,(H,26,27). The molecule has 0 saturated carbocycles. The number of fused-ring (bicyclic) bond motifs is 2. The van der Waals surface area contributed by atoms with E-state index in [0.717, 1.165) is 23.1 Å². The van der Waals surface area contributed by atoms with Gasteiger partial charge in [-0.1, -0.05) is 44.2 Å². The first-order chi connectivity index (χ1) is 14.0. The number of amides is 1. The predicted octanol–water partition coefficient (Wildman–Crippen LogP) is 4.22. The van der Waals surface area contributed by atoms with Crippen molar-refractivity contribution in [2.24, 2.45) is 0 Å². The number of carbonyl (C=O) groups excluding carboxylic acids is 1. The van der Waals surface area contributed by atoms with E-state index in [1.54, 1.807) is 18.2 Å². The van der Waals surface area contributed by atoms with Crippen LogP contribution in [0.15, 0.2) is 57.7 Å². The van der Waals surface area contributed by atoms with Crippen molar-refractivity contribution >= 4 is 34.2 Å². The molecule has 2 aromatic carbocycles. The van der Waals surface area contributed by atoms with Gasteiger partial charge in [0.1, 0.15) is 11.3 Å². The zero-order chi connectivity index (χ0) is 20.4. The number of nitrogens with one attached hydrogen (secondary N) is 2. The fraction of sp³-hybridized carbons (Fsp3) is 0.250. The van der Waals surface area contributed by atoms with Gasteiger partial charge in [-0.3, -0.25) is 9.59 Å². The first kappa shape index (κ1) is 19.2. The van der Waals surface area contributed by atoms with Crippen LogP contribution in [0.2, 0.25) is 0 Å². The van der Waals surface area contributed by atoms with E-state index in [4.69, 9.17) is 4.42 Å². The molecule has 29 heavy (non-hydrogen) atoms. The van der Waals surface area contributed by atoms with Crippen molar-refractivity contribution in [2.75, 3.05) is 11.9 Å². The summed E-state index contributed by atoms with van der Waals surface area (Å²) in [4.78, 5) is 25.0. The second-order valence-electron chi connectivity index (χ2n) is 7.61. The van der Waals surface area contributed by atoms with Gasteiger partial charge in [0.05, 0.1) is 11.9 Å². The van der Waals surface area contributed by atoms with Crippen LogP contribution >= 0.6 is 0 Å². The lowest BCUT2D eigenvalue weighted by molar-refractivity contribution is -0.115. The molecule has 1 amide bonds. The average molecular weight is 388 g/mol. The number of hydrogen-bond acceptors (Lipinski definition) is 4. The number of rotatable bonds is 5. The molecule has 0 spiro atoms. The fourth-order valence-electron chi connectivity index (χ4n) is 3.56. The summed E-state index contributed by atoms with van der Waals surface area (Å²) in [5.41, 5.74) is 3.96. The van der Waals surface area contributed by atoms with Crippen LogP contribution in [-0.4, -0.2) is 18.5 Å². The molecule has 1 heterocycles. The first-order valence-electron chi connectivity index (χ1n) is 9.90. The van der Waals surface area contributed by atoms with Crippen LogP contribution in [0.3, 0.4) is 0 Å². The number of hydrogen-bond donors (Lipinski definition) is 2. The van der Waals surface area contributed by atoms with E-state index >= 15 is 0 Å². The van der Waals surface area contributed by atoms with Crippen molar-refractivity contribution in [3.63, 3.8) is 0 Å². The van der Waals surface area contributed by atoms with E-state index < -0.39 is 0 Å². The first-order valence-corrected chi connectivity index (χ1v) is 9.90. The summed E-state index contributed by atoms with van der Waals surface area (Å²) in [5.74, 6) is 0.530. The Bertz CT molecular complexity index is 1140. The molecule has 3 aromatic rings. The van der Waals surface area contributed by atoms with Crippen molar-refractivity contribution in [1.82, 2.24) is 5.32 Å². The van der Waals surface area contributed by atoms with Gasteiger partial charge in [0, 0.05) is 23.4 Å². The Hall–Kier alpha value is -3.18. The van der Waals surface area contributed by atoms with Gasteiger partial charge in [-0.05, 0) is 42.2 Å². The van der Waals surface area contributed by atoms with Gasteiger partial charge in [-0.15, -0.1) is 0 Å². The summed E-state index contributed by atoms with van der Waals surface area (Å²) in [6.45, 7) is 4.20. The fourth-order valence-corrected chi connectivity index (χ4v) is 3.56. The molecule has 0 unspecified atom stereocenters. The van der Waals surface area contributed by atoms with Crippen LogP contribution < -0.4 is 16.1 Å². The lowest BCUT2D eigenvalue weighted by atomic mass is 10.1. The minimum Gasteiger partial charge on any atom is -0.456 e. The van der Waals surface area contributed by atoms with E-state index in [1.165, 1.54) is 0 Å². The van der Waals surface area contributed by atoms with E-state index in [0.29, 0.717) is 28.8 Å². The van der Waals surface area contributed by atoms with Crippen molar-refractivity contribution < 1.29 is 9.21 Å². The Morgan fingerprint density at radius 2 is 1.93 bits per heavy atom. The molecule has 0 radical (unpaired) electrons. The summed E-state index contributed by atoms with van der Waals surface area (Å²) in [7, 11) is 0. The Morgan fingerprint density at radius 1 is 1.14 bits per heavy atom. The lowest BCUT2D eigenvalue weighted by Gasteiger charge is -2.10. The normalized spacial score (nSPS) is 14.5. The summed E-state index contributed by atoms with van der Waals surface area (Å²) in [6.07, 6.45) is 3.54. The third kappa shape index (κ3) is 4.15. The molecule has 5 heteroatoms. The number of allylic oxidation sites excluding steroid dienone is 1. The smallest absolute Gasteiger partial charge is 0.238 e. The van der Waals surface area contributed by atoms with Gasteiger partial charge in [0.25, 0.3) is 0 Å². The predicted molar refractivity (Wildman–Crippen MR) is 117 cm³/mol. The number of benzene rings is 2. The second-order valence-corrected chi connectivity index (χ2v) is 7.61. The maximum Gasteiger partial charge on any atom is 0.238 e. The molecule has 0 fully saturated rings. The minimum absolute atomic E-state index is 0.0112. The second kappa shape index (κ2) is 8.05. The summed E-state index contributed by atoms with van der Waals surface area (Å²) >= 11 is 0. The van der Waals surface area contributed by atoms with E-state index in [9.17, 15) is 9.59 Å². The summed E-state index contributed by atoms with van der Waals surface area (Å²) in [5, 5.41) is 6.48. The highest BCUT2D eigenvalue weighted by atomic mass is 16.3.